The van der Waals surface area contributed by atoms with Crippen molar-refractivity contribution in [2.24, 2.45) is 0 Å². The van der Waals surface area contributed by atoms with E-state index in [1.165, 1.54) is 12.3 Å². The summed E-state index contributed by atoms with van der Waals surface area (Å²) in [6.07, 6.45) is 7.58. The topological polar surface area (TPSA) is 92.5 Å². The van der Waals surface area contributed by atoms with E-state index < -0.39 is 5.97 Å². The average molecular weight is 456 g/mol. The first-order valence-corrected chi connectivity index (χ1v) is 11.1. The number of pyridine rings is 1. The second-order valence-corrected chi connectivity index (χ2v) is 8.19. The normalized spacial score (nSPS) is 14.7. The van der Waals surface area contributed by atoms with E-state index >= 15 is 0 Å². The van der Waals surface area contributed by atoms with Crippen molar-refractivity contribution < 1.29 is 14.6 Å². The summed E-state index contributed by atoms with van der Waals surface area (Å²) >= 11 is 0. The van der Waals surface area contributed by atoms with Crippen LogP contribution in [0.15, 0.2) is 79.4 Å². The third-order valence-electron chi connectivity index (χ3n) is 6.14. The summed E-state index contributed by atoms with van der Waals surface area (Å²) in [5.41, 5.74) is 4.95. The van der Waals surface area contributed by atoms with Gasteiger partial charge >= 0.3 is 5.97 Å². The number of nitrogens with zero attached hydrogens (tertiary/aromatic N) is 4. The van der Waals surface area contributed by atoms with Crippen LogP contribution in [0.1, 0.15) is 28.3 Å². The minimum atomic E-state index is -0.970. The van der Waals surface area contributed by atoms with Gasteiger partial charge in [0.1, 0.15) is 5.75 Å². The monoisotopic (exact) mass is 455 g/mol. The molecule has 0 spiro atoms. The lowest BCUT2D eigenvalue weighted by atomic mass is 9.92. The summed E-state index contributed by atoms with van der Waals surface area (Å²) in [6, 6.07) is 17.9. The molecule has 172 valence electrons. The molecule has 1 atom stereocenters. The van der Waals surface area contributed by atoms with Crippen LogP contribution in [0, 0.1) is 0 Å². The van der Waals surface area contributed by atoms with Crippen molar-refractivity contribution in [3.05, 3.63) is 90.5 Å². The van der Waals surface area contributed by atoms with Gasteiger partial charge in [0, 0.05) is 55.5 Å². The van der Waals surface area contributed by atoms with Crippen LogP contribution in [0.5, 0.6) is 5.75 Å². The molecule has 2 aromatic carbocycles. The number of aromatic nitrogens is 3. The summed E-state index contributed by atoms with van der Waals surface area (Å²) in [4.78, 5) is 17.6. The standard InChI is InChI=1S/C26H25N5O3/c1-30(19-3-5-20(6-4-19)31-13-2-11-29-31)21-7-8-22-18(10-14-34-25(22)15-21)16-28-24-17-27-12-9-23(24)26(32)33/h2-9,11-13,15,17-18,28H,10,14,16H2,1H3,(H,32,33)/t18-/m0/s1. The fourth-order valence-corrected chi connectivity index (χ4v) is 4.23. The molecule has 0 radical (unpaired) electrons. The first-order chi connectivity index (χ1) is 16.6. The second-order valence-electron chi connectivity index (χ2n) is 8.19. The van der Waals surface area contributed by atoms with Crippen molar-refractivity contribution in [2.45, 2.75) is 12.3 Å². The predicted molar refractivity (Wildman–Crippen MR) is 131 cm³/mol. The molecule has 3 heterocycles. The van der Waals surface area contributed by atoms with Gasteiger partial charge in [-0.25, -0.2) is 9.48 Å². The van der Waals surface area contributed by atoms with E-state index in [0.717, 1.165) is 34.8 Å². The van der Waals surface area contributed by atoms with Crippen LogP contribution in [0.3, 0.4) is 0 Å². The Bertz CT molecular complexity index is 1290. The number of carboxylic acids is 1. The Hall–Kier alpha value is -4.33. The molecule has 0 fully saturated rings. The Morgan fingerprint density at radius 1 is 1.18 bits per heavy atom. The van der Waals surface area contributed by atoms with E-state index in [0.29, 0.717) is 18.8 Å². The number of carbonyl (C=O) groups is 1. The van der Waals surface area contributed by atoms with Crippen LogP contribution in [-0.2, 0) is 0 Å². The highest BCUT2D eigenvalue weighted by atomic mass is 16.5. The summed E-state index contributed by atoms with van der Waals surface area (Å²) in [6.45, 7) is 1.22. The van der Waals surface area contributed by atoms with Crippen LogP contribution in [0.2, 0.25) is 0 Å². The molecular formula is C26H25N5O3. The Morgan fingerprint density at radius 3 is 2.76 bits per heavy atom. The van der Waals surface area contributed by atoms with Crippen LogP contribution in [0.4, 0.5) is 17.1 Å². The summed E-state index contributed by atoms with van der Waals surface area (Å²) in [7, 11) is 2.03. The van der Waals surface area contributed by atoms with Crippen molar-refractivity contribution in [1.82, 2.24) is 14.8 Å². The molecule has 8 nitrogen and oxygen atoms in total. The van der Waals surface area contributed by atoms with Gasteiger partial charge in [0.25, 0.3) is 0 Å². The molecule has 8 heteroatoms. The van der Waals surface area contributed by atoms with Crippen LogP contribution in [0.25, 0.3) is 5.69 Å². The molecule has 0 unspecified atom stereocenters. The fraction of sp³-hybridized carbons (Fsp3) is 0.192. The van der Waals surface area contributed by atoms with Crippen LogP contribution >= 0.6 is 0 Å². The minimum Gasteiger partial charge on any atom is -0.493 e. The zero-order valence-corrected chi connectivity index (χ0v) is 18.8. The van der Waals surface area contributed by atoms with Crippen molar-refractivity contribution in [1.29, 1.82) is 0 Å². The summed E-state index contributed by atoms with van der Waals surface area (Å²) in [5.74, 6) is 0.0983. The van der Waals surface area contributed by atoms with E-state index in [-0.39, 0.29) is 11.5 Å². The van der Waals surface area contributed by atoms with Gasteiger partial charge in [-0.3, -0.25) is 4.98 Å². The van der Waals surface area contributed by atoms with Crippen molar-refractivity contribution in [3.8, 4) is 11.4 Å². The third kappa shape index (κ3) is 4.30. The number of rotatable bonds is 7. The molecule has 0 bridgehead atoms. The Kier molecular flexibility index (Phi) is 5.86. The lowest BCUT2D eigenvalue weighted by Gasteiger charge is -2.28. The van der Waals surface area contributed by atoms with Crippen molar-refractivity contribution >= 4 is 23.0 Å². The molecule has 2 N–H and O–H groups in total. The molecule has 0 amide bonds. The quantitative estimate of drug-likeness (QED) is 0.417. The average Bonchev–Trinajstić information content (AvgIpc) is 3.42. The second kappa shape index (κ2) is 9.27. The predicted octanol–water partition coefficient (Wildman–Crippen LogP) is 4.71. The number of hydrogen-bond donors (Lipinski definition) is 2. The lowest BCUT2D eigenvalue weighted by molar-refractivity contribution is 0.0697. The number of hydrogen-bond acceptors (Lipinski definition) is 6. The van der Waals surface area contributed by atoms with Gasteiger partial charge in [-0.15, -0.1) is 0 Å². The number of carboxylic acid groups (broad SMARTS) is 1. The van der Waals surface area contributed by atoms with Crippen LogP contribution < -0.4 is 15.0 Å². The van der Waals surface area contributed by atoms with Crippen molar-refractivity contribution in [3.63, 3.8) is 0 Å². The molecular weight excluding hydrogens is 430 g/mol. The van der Waals surface area contributed by atoms with Gasteiger partial charge in [-0.1, -0.05) is 6.07 Å². The first-order valence-electron chi connectivity index (χ1n) is 11.1. The van der Waals surface area contributed by atoms with E-state index in [2.05, 4.69) is 50.6 Å². The van der Waals surface area contributed by atoms with Gasteiger partial charge in [0.05, 0.1) is 29.7 Å². The zero-order valence-electron chi connectivity index (χ0n) is 18.8. The molecule has 1 aliphatic rings. The maximum absolute atomic E-state index is 11.5. The SMILES string of the molecule is CN(c1ccc(-n2cccn2)cc1)c1ccc2c(c1)OCC[C@H]2CNc1cnccc1C(=O)O. The maximum atomic E-state index is 11.5. The van der Waals surface area contributed by atoms with Gasteiger partial charge in [0.15, 0.2) is 0 Å². The van der Waals surface area contributed by atoms with E-state index in [1.54, 1.807) is 12.4 Å². The number of ether oxygens (including phenoxy) is 1. The number of nitrogens with one attached hydrogen (secondary N) is 1. The Morgan fingerprint density at radius 2 is 2.00 bits per heavy atom. The number of aromatic carboxylic acids is 1. The number of benzene rings is 2. The van der Waals surface area contributed by atoms with Crippen molar-refractivity contribution in [2.75, 3.05) is 30.4 Å². The lowest BCUT2D eigenvalue weighted by Crippen LogP contribution is -2.22. The highest BCUT2D eigenvalue weighted by molar-refractivity contribution is 5.93. The van der Waals surface area contributed by atoms with Gasteiger partial charge in [-0.2, -0.15) is 5.10 Å². The molecule has 5 rings (SSSR count). The Labute approximate surface area is 197 Å². The van der Waals surface area contributed by atoms with Gasteiger partial charge < -0.3 is 20.1 Å². The number of anilines is 3. The van der Waals surface area contributed by atoms with Crippen LogP contribution in [-0.4, -0.2) is 46.0 Å². The summed E-state index contributed by atoms with van der Waals surface area (Å²) in [5, 5.41) is 16.9. The summed E-state index contributed by atoms with van der Waals surface area (Å²) < 4.78 is 7.82. The molecule has 34 heavy (non-hydrogen) atoms. The first kappa shape index (κ1) is 21.5. The Balaban J connectivity index is 1.32. The molecule has 0 aliphatic carbocycles. The van der Waals surface area contributed by atoms with Gasteiger partial charge in [-0.05, 0) is 54.4 Å². The van der Waals surface area contributed by atoms with E-state index in [4.69, 9.17) is 4.74 Å². The largest absolute Gasteiger partial charge is 0.493 e. The maximum Gasteiger partial charge on any atom is 0.337 e. The smallest absolute Gasteiger partial charge is 0.337 e. The molecule has 0 saturated heterocycles. The zero-order chi connectivity index (χ0) is 23.5. The number of fused-ring (bicyclic) bond motifs is 1. The highest BCUT2D eigenvalue weighted by Gasteiger charge is 2.23. The minimum absolute atomic E-state index is 0.207. The molecule has 0 saturated carbocycles. The van der Waals surface area contributed by atoms with E-state index in [9.17, 15) is 9.90 Å². The molecule has 2 aromatic heterocycles. The molecule has 1 aliphatic heterocycles. The fourth-order valence-electron chi connectivity index (χ4n) is 4.23. The highest BCUT2D eigenvalue weighted by Crippen LogP contribution is 2.38. The molecule has 4 aromatic rings. The van der Waals surface area contributed by atoms with E-state index in [1.807, 2.05) is 36.1 Å². The van der Waals surface area contributed by atoms with Gasteiger partial charge in [0.2, 0.25) is 0 Å². The third-order valence-corrected chi connectivity index (χ3v) is 6.14.